The molecule has 0 bridgehead atoms. The van der Waals surface area contributed by atoms with E-state index < -0.39 is 34.3 Å². The summed E-state index contributed by atoms with van der Waals surface area (Å²) in [5, 5.41) is 0. The Labute approximate surface area is 168 Å². The monoisotopic (exact) mass is 304 g/mol. The molecule has 0 aliphatic carbocycles. The maximum Gasteiger partial charge on any atom is 1.00 e. The topological polar surface area (TPSA) is 155 Å². The van der Waals surface area contributed by atoms with Gasteiger partial charge in [-0.15, -0.1) is 11.4 Å². The summed E-state index contributed by atoms with van der Waals surface area (Å²) in [5.41, 5.74) is 0. The van der Waals surface area contributed by atoms with Crippen LogP contribution in [0.4, 0.5) is 0 Å². The molecule has 0 atom stereocenters. The van der Waals surface area contributed by atoms with Crippen LogP contribution in [0.5, 0.6) is 0 Å². The number of hydrogen-bond acceptors (Lipinski definition) is 6. The predicted octanol–water partition coefficient (Wildman–Crippen LogP) is -7.99. The van der Waals surface area contributed by atoms with E-state index in [1.165, 1.54) is 0 Å². The predicted molar refractivity (Wildman–Crippen MR) is 32.0 cm³/mol. The van der Waals surface area contributed by atoms with Crippen molar-refractivity contribution in [2.45, 2.75) is 0 Å². The van der Waals surface area contributed by atoms with E-state index in [1.807, 2.05) is 0 Å². The fourth-order valence-corrected chi connectivity index (χ4v) is 0. The standard InChI is InChI=1S/2K.2H2O3S.O2S/c;;2*1-4(2)3;1-3-2/h;;2*(H2,1,2,3);/q2*+1;;;/p-2. The SMILES string of the molecule is O=S(O)O.O=S([O-])[O-].O=S=O.[K+].[K+]. The Bertz CT molecular complexity index is 129. The van der Waals surface area contributed by atoms with Crippen molar-refractivity contribution in [3.05, 3.63) is 0 Å². The maximum absolute atomic E-state index is 8.67. The molecule has 0 aromatic rings. The van der Waals surface area contributed by atoms with E-state index in [0.717, 1.165) is 0 Å². The van der Waals surface area contributed by atoms with E-state index in [-0.39, 0.29) is 103 Å². The molecule has 8 nitrogen and oxygen atoms in total. The van der Waals surface area contributed by atoms with Gasteiger partial charge in [0.15, 0.2) is 0 Å². The summed E-state index contributed by atoms with van der Waals surface area (Å²) >= 11 is -6.47. The summed E-state index contributed by atoms with van der Waals surface area (Å²) in [7, 11) is 0. The Morgan fingerprint density at radius 1 is 1.00 bits per heavy atom. The Morgan fingerprint density at radius 3 is 1.00 bits per heavy atom. The van der Waals surface area contributed by atoms with E-state index in [9.17, 15) is 0 Å². The summed E-state index contributed by atoms with van der Waals surface area (Å²) in [6.45, 7) is 0. The average Bonchev–Trinajstić information content (AvgIpc) is 1.60. The van der Waals surface area contributed by atoms with Gasteiger partial charge in [-0.3, -0.25) is 13.3 Å². The van der Waals surface area contributed by atoms with Crippen molar-refractivity contribution in [2.75, 3.05) is 0 Å². The first kappa shape index (κ1) is 29.9. The number of hydrogen-bond donors (Lipinski definition) is 2. The van der Waals surface area contributed by atoms with Crippen LogP contribution in [0, 0.1) is 0 Å². The van der Waals surface area contributed by atoms with Crippen LogP contribution in [0.1, 0.15) is 0 Å². The van der Waals surface area contributed by atoms with Gasteiger partial charge in [-0.1, -0.05) is 0 Å². The molecule has 13 heavy (non-hydrogen) atoms. The minimum absolute atomic E-state index is 0. The van der Waals surface area contributed by atoms with Crippen LogP contribution in [-0.4, -0.2) is 35.0 Å². The minimum Gasteiger partial charge on any atom is -0.784 e. The van der Waals surface area contributed by atoms with Gasteiger partial charge in [-0.05, 0) is 0 Å². The molecule has 0 aromatic heterocycles. The summed E-state index contributed by atoms with van der Waals surface area (Å²) in [6.07, 6.45) is 0. The van der Waals surface area contributed by atoms with Crippen LogP contribution in [0.15, 0.2) is 0 Å². The first-order chi connectivity index (χ1) is 4.88. The smallest absolute Gasteiger partial charge is 0.784 e. The zero-order chi connectivity index (χ0) is 9.86. The van der Waals surface area contributed by atoms with E-state index in [4.69, 9.17) is 35.0 Å². The molecule has 0 heterocycles. The van der Waals surface area contributed by atoms with Crippen LogP contribution in [-0.2, 0) is 34.3 Å². The Hall–Kier alpha value is 3.23. The van der Waals surface area contributed by atoms with Crippen molar-refractivity contribution in [1.82, 2.24) is 0 Å². The Balaban J connectivity index is -0.0000000231. The van der Waals surface area contributed by atoms with Gasteiger partial charge in [0.1, 0.15) is 0 Å². The largest absolute Gasteiger partial charge is 1.00 e. The molecule has 0 spiro atoms. The molecule has 70 valence electrons. The molecule has 0 saturated carbocycles. The first-order valence-corrected chi connectivity index (χ1v) is 4.10. The molecule has 0 rings (SSSR count). The van der Waals surface area contributed by atoms with E-state index >= 15 is 0 Å². The van der Waals surface area contributed by atoms with Gasteiger partial charge in [0.05, 0.1) is 0 Å². The molecule has 0 unspecified atom stereocenters. The molecule has 0 saturated heterocycles. The van der Waals surface area contributed by atoms with Crippen LogP contribution in [0.3, 0.4) is 0 Å². The molecule has 0 aliphatic rings. The fourth-order valence-electron chi connectivity index (χ4n) is 0. The van der Waals surface area contributed by atoms with Gasteiger partial charge in [-0.2, -0.15) is 12.6 Å². The molecule has 2 N–H and O–H groups in total. The molecular weight excluding hydrogens is 302 g/mol. The van der Waals surface area contributed by atoms with Gasteiger partial charge >= 0.3 is 114 Å². The van der Waals surface area contributed by atoms with Crippen LogP contribution >= 0.6 is 0 Å². The van der Waals surface area contributed by atoms with E-state index in [0.29, 0.717) is 0 Å². The first-order valence-electron chi connectivity index (χ1n) is 1.37. The van der Waals surface area contributed by atoms with Gasteiger partial charge in [0.2, 0.25) is 0 Å². The normalized spacial score (nSPS) is 6.31. The molecule has 0 radical (unpaired) electrons. The van der Waals surface area contributed by atoms with Crippen LogP contribution in [0.2, 0.25) is 0 Å². The molecule has 0 fully saturated rings. The van der Waals surface area contributed by atoms with Gasteiger partial charge in [-0.25, -0.2) is 0 Å². The quantitative estimate of drug-likeness (QED) is 0.330. The number of rotatable bonds is 0. The van der Waals surface area contributed by atoms with Crippen molar-refractivity contribution in [1.29, 1.82) is 0 Å². The summed E-state index contributed by atoms with van der Waals surface area (Å²) in [5.74, 6) is 0. The second-order valence-corrected chi connectivity index (χ2v) is 1.51. The third kappa shape index (κ3) is 255. The van der Waals surface area contributed by atoms with Crippen molar-refractivity contribution in [3.8, 4) is 0 Å². The second kappa shape index (κ2) is 29.5. The third-order valence-corrected chi connectivity index (χ3v) is 0. The van der Waals surface area contributed by atoms with Crippen molar-refractivity contribution in [2.24, 2.45) is 0 Å². The van der Waals surface area contributed by atoms with Crippen molar-refractivity contribution >= 4 is 34.3 Å². The average molecular weight is 304 g/mol. The molecule has 0 aliphatic heterocycles. The van der Waals surface area contributed by atoms with E-state index in [2.05, 4.69) is 0 Å². The van der Waals surface area contributed by atoms with Crippen LogP contribution in [0.25, 0.3) is 0 Å². The summed E-state index contributed by atoms with van der Waals surface area (Å²) < 4.78 is 64.8. The van der Waals surface area contributed by atoms with Crippen LogP contribution < -0.4 is 103 Å². The minimum atomic E-state index is -3.11. The molecule has 0 amide bonds. The third-order valence-electron chi connectivity index (χ3n) is 0. The maximum atomic E-state index is 8.67. The second-order valence-electron chi connectivity index (χ2n) is 0.503. The van der Waals surface area contributed by atoms with Crippen molar-refractivity contribution in [3.63, 3.8) is 0 Å². The molecule has 13 heteroatoms. The molecule has 0 aromatic carbocycles. The zero-order valence-corrected chi connectivity index (χ0v) is 15.3. The fraction of sp³-hybridized carbons (Fsp3) is 0. The summed E-state index contributed by atoms with van der Waals surface area (Å²) in [4.78, 5) is 0. The zero-order valence-electron chi connectivity index (χ0n) is 6.57. The van der Waals surface area contributed by atoms with Crippen molar-refractivity contribution < 1.29 is 138 Å². The summed E-state index contributed by atoms with van der Waals surface area (Å²) in [6, 6.07) is 0. The Kier molecular flexibility index (Phi) is 67.7. The van der Waals surface area contributed by atoms with Gasteiger partial charge in [0.25, 0.3) is 11.4 Å². The molecular formula is H2K2O8S3. The van der Waals surface area contributed by atoms with E-state index in [1.54, 1.807) is 0 Å². The van der Waals surface area contributed by atoms with Gasteiger partial charge < -0.3 is 9.11 Å². The Morgan fingerprint density at radius 2 is 1.00 bits per heavy atom. The van der Waals surface area contributed by atoms with Gasteiger partial charge in [0, 0.05) is 0 Å².